The molecule has 2 heterocycles. The minimum atomic E-state index is -2.22. The molecule has 0 amide bonds. The van der Waals surface area contributed by atoms with Gasteiger partial charge in [0.05, 0.1) is 18.1 Å². The molecule has 4 aliphatic rings. The molecule has 37 heavy (non-hydrogen) atoms. The van der Waals surface area contributed by atoms with Crippen molar-refractivity contribution in [1.82, 2.24) is 0 Å². The number of ether oxygens (including phenoxy) is 5. The summed E-state index contributed by atoms with van der Waals surface area (Å²) < 4.78 is 28.3. The lowest BCUT2D eigenvalue weighted by Gasteiger charge is -2.54. The average Bonchev–Trinajstić information content (AvgIpc) is 3.57. The van der Waals surface area contributed by atoms with Crippen molar-refractivity contribution < 1.29 is 53.1 Å². The first-order chi connectivity index (χ1) is 17.1. The van der Waals surface area contributed by atoms with Crippen molar-refractivity contribution in [1.29, 1.82) is 0 Å². The van der Waals surface area contributed by atoms with Crippen molar-refractivity contribution >= 4 is 23.9 Å². The third-order valence-electron chi connectivity index (χ3n) is 8.45. The predicted molar refractivity (Wildman–Crippen MR) is 124 cm³/mol. The van der Waals surface area contributed by atoms with Gasteiger partial charge in [-0.2, -0.15) is 0 Å². The highest BCUT2D eigenvalue weighted by atomic mass is 16.6. The molecular formula is C26H34O11. The monoisotopic (exact) mass is 522 g/mol. The van der Waals surface area contributed by atoms with Crippen LogP contribution in [0.15, 0.2) is 24.3 Å². The number of rotatable bonds is 3. The van der Waals surface area contributed by atoms with Gasteiger partial charge in [-0.1, -0.05) is 32.6 Å². The first-order valence-corrected chi connectivity index (χ1v) is 12.3. The van der Waals surface area contributed by atoms with Crippen molar-refractivity contribution in [3.63, 3.8) is 0 Å². The van der Waals surface area contributed by atoms with E-state index in [9.17, 15) is 29.4 Å². The van der Waals surface area contributed by atoms with Gasteiger partial charge in [-0.15, -0.1) is 0 Å². The second kappa shape index (κ2) is 9.21. The van der Waals surface area contributed by atoms with Crippen LogP contribution in [0.1, 0.15) is 41.5 Å². The van der Waals surface area contributed by atoms with Crippen LogP contribution in [0.3, 0.4) is 0 Å². The summed E-state index contributed by atoms with van der Waals surface area (Å²) in [5.41, 5.74) is -3.24. The normalized spacial score (nSPS) is 47.4. The molecule has 3 fully saturated rings. The first-order valence-electron chi connectivity index (χ1n) is 12.3. The molecular weight excluding hydrogens is 488 g/mol. The summed E-state index contributed by atoms with van der Waals surface area (Å²) >= 11 is 0. The van der Waals surface area contributed by atoms with Gasteiger partial charge < -0.3 is 33.9 Å². The third kappa shape index (κ3) is 4.17. The quantitative estimate of drug-likeness (QED) is 0.304. The summed E-state index contributed by atoms with van der Waals surface area (Å²) in [6.07, 6.45) is -4.52. The first kappa shape index (κ1) is 27.3. The summed E-state index contributed by atoms with van der Waals surface area (Å²) in [4.78, 5) is 49.3. The zero-order chi connectivity index (χ0) is 27.6. The highest BCUT2D eigenvalue weighted by Crippen LogP contribution is 2.61. The van der Waals surface area contributed by atoms with Gasteiger partial charge in [0.15, 0.2) is 17.8 Å². The minimum absolute atomic E-state index is 0.151. The van der Waals surface area contributed by atoms with E-state index in [0.29, 0.717) is 0 Å². The maximum absolute atomic E-state index is 12.9. The Balaban J connectivity index is 1.97. The smallest absolute Gasteiger partial charge is 0.312 e. The number of esters is 4. The largest absolute Gasteiger partial charge is 0.459 e. The van der Waals surface area contributed by atoms with Crippen LogP contribution in [-0.2, 0) is 42.9 Å². The molecule has 2 aliphatic carbocycles. The van der Waals surface area contributed by atoms with E-state index in [-0.39, 0.29) is 5.57 Å². The van der Waals surface area contributed by atoms with E-state index < -0.39 is 95.4 Å². The Labute approximate surface area is 214 Å². The molecule has 0 aromatic carbocycles. The standard InChI is InChI=1S/C26H34O11/c1-10-8-9-16(30)25(7)17(11(2)19(34-14(5)28)20-22(25)36-20)21(35-15(6)29)26(32)12(3)24(31)37-23(26)18(10)33-13(4)27/h8-9,11-12,16-23,30,32H,1H2,2-7H3/b9-8-/t11-,12+,16+,17-,18-,19-,20+,21+,22+,23+,25-,26-/m1/s1. The van der Waals surface area contributed by atoms with Gasteiger partial charge in [-0.3, -0.25) is 19.2 Å². The molecule has 0 spiro atoms. The van der Waals surface area contributed by atoms with Crippen LogP contribution in [0.2, 0.25) is 0 Å². The molecule has 0 unspecified atom stereocenters. The summed E-state index contributed by atoms with van der Waals surface area (Å²) in [5, 5.41) is 23.9. The third-order valence-corrected chi connectivity index (χ3v) is 8.45. The van der Waals surface area contributed by atoms with Crippen LogP contribution in [0.25, 0.3) is 0 Å². The zero-order valence-corrected chi connectivity index (χ0v) is 21.7. The molecule has 11 nitrogen and oxygen atoms in total. The lowest BCUT2D eigenvalue weighted by Crippen LogP contribution is -2.68. The van der Waals surface area contributed by atoms with Gasteiger partial charge in [0.2, 0.25) is 0 Å². The van der Waals surface area contributed by atoms with Gasteiger partial charge in [-0.05, 0) is 12.5 Å². The molecule has 0 aromatic heterocycles. The number of carbonyl (C=O) groups excluding carboxylic acids is 4. The number of epoxide rings is 1. The second-order valence-electron chi connectivity index (χ2n) is 10.8. The number of fused-ring (bicyclic) bond motifs is 4. The van der Waals surface area contributed by atoms with Crippen LogP contribution in [0.5, 0.6) is 0 Å². The van der Waals surface area contributed by atoms with Crippen molar-refractivity contribution in [2.75, 3.05) is 0 Å². The summed E-state index contributed by atoms with van der Waals surface area (Å²) in [5.74, 6) is -5.57. The molecule has 11 heteroatoms. The Morgan fingerprint density at radius 3 is 2.19 bits per heavy atom. The van der Waals surface area contributed by atoms with Gasteiger partial charge in [0, 0.05) is 38.0 Å². The maximum atomic E-state index is 12.9. The lowest BCUT2D eigenvalue weighted by atomic mass is 9.54. The molecule has 2 saturated heterocycles. The van der Waals surface area contributed by atoms with E-state index in [1.165, 1.54) is 26.0 Å². The molecule has 2 N–H and O–H groups in total. The van der Waals surface area contributed by atoms with E-state index >= 15 is 0 Å². The van der Waals surface area contributed by atoms with E-state index in [1.807, 2.05) is 0 Å². The second-order valence-corrected chi connectivity index (χ2v) is 10.8. The number of hydrogen-bond donors (Lipinski definition) is 2. The highest BCUT2D eigenvalue weighted by Gasteiger charge is 2.75. The molecule has 4 rings (SSSR count). The predicted octanol–water partition coefficient (Wildman–Crippen LogP) is 0.601. The Kier molecular flexibility index (Phi) is 6.79. The fourth-order valence-corrected chi connectivity index (χ4v) is 6.60. The molecule has 204 valence electrons. The fourth-order valence-electron chi connectivity index (χ4n) is 6.60. The van der Waals surface area contributed by atoms with Gasteiger partial charge in [0.25, 0.3) is 0 Å². The molecule has 0 aromatic rings. The van der Waals surface area contributed by atoms with Gasteiger partial charge in [0.1, 0.15) is 18.3 Å². The van der Waals surface area contributed by atoms with Crippen LogP contribution < -0.4 is 0 Å². The number of aliphatic hydroxyl groups is 2. The van der Waals surface area contributed by atoms with E-state index in [1.54, 1.807) is 13.8 Å². The summed E-state index contributed by atoms with van der Waals surface area (Å²) in [7, 11) is 0. The molecule has 12 atom stereocenters. The average molecular weight is 523 g/mol. The fraction of sp³-hybridized carbons (Fsp3) is 0.692. The number of hydrogen-bond acceptors (Lipinski definition) is 11. The van der Waals surface area contributed by atoms with Crippen LogP contribution >= 0.6 is 0 Å². The van der Waals surface area contributed by atoms with Crippen molar-refractivity contribution in [2.24, 2.45) is 23.2 Å². The lowest BCUT2D eigenvalue weighted by molar-refractivity contribution is -0.228. The van der Waals surface area contributed by atoms with Crippen LogP contribution in [0, 0.1) is 23.2 Å². The molecule has 0 bridgehead atoms. The summed E-state index contributed by atoms with van der Waals surface area (Å²) in [6, 6.07) is 0. The SMILES string of the molecule is C=C1/C=C\[C@H](O)[C@]2(C)[C@H]([C@@H](C)[C@@H](OC(C)=O)[C@@H]3O[C@@H]32)[C@H](OC(C)=O)[C@]2(O)[C@@H](C)C(=O)O[C@H]2[C@@H]1OC(C)=O. The van der Waals surface area contributed by atoms with E-state index in [4.69, 9.17) is 23.7 Å². The van der Waals surface area contributed by atoms with Gasteiger partial charge in [-0.25, -0.2) is 0 Å². The van der Waals surface area contributed by atoms with Crippen molar-refractivity contribution in [3.8, 4) is 0 Å². The Morgan fingerprint density at radius 1 is 1.03 bits per heavy atom. The Morgan fingerprint density at radius 2 is 1.62 bits per heavy atom. The van der Waals surface area contributed by atoms with Crippen molar-refractivity contribution in [2.45, 2.75) is 89.9 Å². The number of carbonyl (C=O) groups is 4. The van der Waals surface area contributed by atoms with Crippen molar-refractivity contribution in [3.05, 3.63) is 24.3 Å². The molecule has 2 aliphatic heterocycles. The maximum Gasteiger partial charge on any atom is 0.312 e. The Hall–Kier alpha value is -2.76. The minimum Gasteiger partial charge on any atom is -0.459 e. The topological polar surface area (TPSA) is 158 Å². The zero-order valence-electron chi connectivity index (χ0n) is 21.7. The number of aliphatic hydroxyl groups excluding tert-OH is 1. The molecule has 0 radical (unpaired) electrons. The molecule has 1 saturated carbocycles. The van der Waals surface area contributed by atoms with E-state index in [0.717, 1.165) is 13.8 Å². The van der Waals surface area contributed by atoms with E-state index in [2.05, 4.69) is 6.58 Å². The van der Waals surface area contributed by atoms with Crippen LogP contribution in [-0.4, -0.2) is 82.4 Å². The summed E-state index contributed by atoms with van der Waals surface area (Å²) in [6.45, 7) is 12.4. The van der Waals surface area contributed by atoms with Crippen LogP contribution in [0.4, 0.5) is 0 Å². The Bertz CT molecular complexity index is 1050. The van der Waals surface area contributed by atoms with Gasteiger partial charge >= 0.3 is 23.9 Å². The highest BCUT2D eigenvalue weighted by molar-refractivity contribution is 5.78.